The molecular weight excluding hydrogens is 314 g/mol. The summed E-state index contributed by atoms with van der Waals surface area (Å²) in [6.45, 7) is 6.53. The normalized spacial score (nSPS) is 11.4. The van der Waals surface area contributed by atoms with Gasteiger partial charge in [-0.3, -0.25) is 0 Å². The van der Waals surface area contributed by atoms with Crippen LogP contribution in [0.4, 0.5) is 0 Å². The Kier molecular flexibility index (Phi) is 3.34. The van der Waals surface area contributed by atoms with Gasteiger partial charge in [-0.1, -0.05) is 26.0 Å². The standard InChI is InChI=1S/C16H16BrN3/c1-10(2)12-5-4-11(3)13(8-12)14-6-7-16-18-9-15(17)20(16)19-14/h4-10H,1-3H3. The first-order chi connectivity index (χ1) is 9.56. The highest BCUT2D eigenvalue weighted by Gasteiger charge is 2.09. The summed E-state index contributed by atoms with van der Waals surface area (Å²) in [5.41, 5.74) is 5.56. The third-order valence-corrected chi connectivity index (χ3v) is 4.07. The predicted octanol–water partition coefficient (Wildman–Crippen LogP) is 4.59. The number of benzene rings is 1. The van der Waals surface area contributed by atoms with Crippen molar-refractivity contribution in [2.24, 2.45) is 0 Å². The number of halogens is 1. The first-order valence-electron chi connectivity index (χ1n) is 6.67. The molecule has 20 heavy (non-hydrogen) atoms. The summed E-state index contributed by atoms with van der Waals surface area (Å²) in [6, 6.07) is 10.6. The van der Waals surface area contributed by atoms with Crippen LogP contribution in [0, 0.1) is 6.92 Å². The lowest BCUT2D eigenvalue weighted by Crippen LogP contribution is -1.97. The Bertz CT molecular complexity index is 774. The number of aryl methyl sites for hydroxylation is 1. The van der Waals surface area contributed by atoms with Crippen LogP contribution < -0.4 is 0 Å². The van der Waals surface area contributed by atoms with Crippen LogP contribution >= 0.6 is 15.9 Å². The Morgan fingerprint density at radius 3 is 2.70 bits per heavy atom. The molecule has 1 aromatic carbocycles. The Morgan fingerprint density at radius 1 is 1.15 bits per heavy atom. The lowest BCUT2D eigenvalue weighted by atomic mass is 9.96. The molecular formula is C16H16BrN3. The van der Waals surface area contributed by atoms with Crippen LogP contribution in [-0.4, -0.2) is 14.6 Å². The Balaban J connectivity index is 2.19. The zero-order valence-corrected chi connectivity index (χ0v) is 13.3. The highest BCUT2D eigenvalue weighted by molar-refractivity contribution is 9.10. The molecule has 2 heterocycles. The van der Waals surface area contributed by atoms with Gasteiger partial charge in [0.15, 0.2) is 5.65 Å². The molecule has 0 atom stereocenters. The Morgan fingerprint density at radius 2 is 1.95 bits per heavy atom. The SMILES string of the molecule is Cc1ccc(C(C)C)cc1-c1ccc2ncc(Br)n2n1. The van der Waals surface area contributed by atoms with Crippen molar-refractivity contribution < 1.29 is 0 Å². The van der Waals surface area contributed by atoms with E-state index in [1.54, 1.807) is 6.20 Å². The van der Waals surface area contributed by atoms with E-state index in [4.69, 9.17) is 0 Å². The van der Waals surface area contributed by atoms with Gasteiger partial charge in [0, 0.05) is 5.56 Å². The van der Waals surface area contributed by atoms with E-state index in [1.165, 1.54) is 16.7 Å². The monoisotopic (exact) mass is 329 g/mol. The maximum atomic E-state index is 4.67. The summed E-state index contributed by atoms with van der Waals surface area (Å²) in [5, 5.41) is 4.67. The number of aromatic nitrogens is 3. The topological polar surface area (TPSA) is 30.2 Å². The minimum absolute atomic E-state index is 0.512. The Labute approximate surface area is 126 Å². The van der Waals surface area contributed by atoms with Gasteiger partial charge < -0.3 is 0 Å². The van der Waals surface area contributed by atoms with Gasteiger partial charge in [0.05, 0.1) is 11.9 Å². The molecule has 0 spiro atoms. The van der Waals surface area contributed by atoms with E-state index >= 15 is 0 Å². The summed E-state index contributed by atoms with van der Waals surface area (Å²) in [6.07, 6.45) is 1.77. The molecule has 3 rings (SSSR count). The minimum atomic E-state index is 0.512. The highest BCUT2D eigenvalue weighted by Crippen LogP contribution is 2.26. The molecule has 0 unspecified atom stereocenters. The van der Waals surface area contributed by atoms with Crippen LogP contribution in [0.1, 0.15) is 30.9 Å². The molecule has 3 nitrogen and oxygen atoms in total. The molecule has 4 heteroatoms. The van der Waals surface area contributed by atoms with Crippen molar-refractivity contribution in [2.45, 2.75) is 26.7 Å². The fraction of sp³-hybridized carbons (Fsp3) is 0.250. The van der Waals surface area contributed by atoms with Crippen molar-refractivity contribution >= 4 is 21.6 Å². The summed E-state index contributed by atoms with van der Waals surface area (Å²) >= 11 is 3.47. The molecule has 0 saturated heterocycles. The summed E-state index contributed by atoms with van der Waals surface area (Å²) in [4.78, 5) is 4.27. The first kappa shape index (κ1) is 13.3. The molecule has 0 bridgehead atoms. The van der Waals surface area contributed by atoms with Crippen molar-refractivity contribution in [3.63, 3.8) is 0 Å². The van der Waals surface area contributed by atoms with Gasteiger partial charge in [0.1, 0.15) is 4.60 Å². The molecule has 0 aliphatic heterocycles. The number of imidazole rings is 1. The third-order valence-electron chi connectivity index (χ3n) is 3.52. The molecule has 2 aromatic heterocycles. The van der Waals surface area contributed by atoms with E-state index in [9.17, 15) is 0 Å². The summed E-state index contributed by atoms with van der Waals surface area (Å²) < 4.78 is 2.68. The molecule has 0 amide bonds. The van der Waals surface area contributed by atoms with Crippen LogP contribution in [-0.2, 0) is 0 Å². The average molecular weight is 330 g/mol. The van der Waals surface area contributed by atoms with E-state index in [2.05, 4.69) is 65.0 Å². The lowest BCUT2D eigenvalue weighted by molar-refractivity contribution is 0.865. The highest BCUT2D eigenvalue weighted by atomic mass is 79.9. The number of fused-ring (bicyclic) bond motifs is 1. The van der Waals surface area contributed by atoms with Crippen LogP contribution in [0.3, 0.4) is 0 Å². The van der Waals surface area contributed by atoms with Gasteiger partial charge in [0.25, 0.3) is 0 Å². The smallest absolute Gasteiger partial charge is 0.154 e. The molecule has 0 N–H and O–H groups in total. The van der Waals surface area contributed by atoms with Crippen molar-refractivity contribution in [1.82, 2.24) is 14.6 Å². The zero-order chi connectivity index (χ0) is 14.3. The molecule has 0 aliphatic carbocycles. The van der Waals surface area contributed by atoms with Crippen LogP contribution in [0.2, 0.25) is 0 Å². The Hall–Kier alpha value is -1.68. The largest absolute Gasteiger partial charge is 0.234 e. The summed E-state index contributed by atoms with van der Waals surface area (Å²) in [7, 11) is 0. The fourth-order valence-corrected chi connectivity index (χ4v) is 2.63. The molecule has 0 saturated carbocycles. The van der Waals surface area contributed by atoms with Crippen LogP contribution in [0.25, 0.3) is 16.9 Å². The number of hydrogen-bond acceptors (Lipinski definition) is 2. The molecule has 3 aromatic rings. The molecule has 0 aliphatic rings. The van der Waals surface area contributed by atoms with Gasteiger partial charge in [0.2, 0.25) is 0 Å². The second-order valence-electron chi connectivity index (χ2n) is 5.30. The molecule has 102 valence electrons. The summed E-state index contributed by atoms with van der Waals surface area (Å²) in [5.74, 6) is 0.512. The first-order valence-corrected chi connectivity index (χ1v) is 7.47. The van der Waals surface area contributed by atoms with Gasteiger partial charge in [-0.05, 0) is 58.1 Å². The van der Waals surface area contributed by atoms with Crippen molar-refractivity contribution in [3.8, 4) is 11.3 Å². The maximum absolute atomic E-state index is 4.67. The minimum Gasteiger partial charge on any atom is -0.234 e. The number of nitrogens with zero attached hydrogens (tertiary/aromatic N) is 3. The quantitative estimate of drug-likeness (QED) is 0.688. The van der Waals surface area contributed by atoms with Crippen LogP contribution in [0.5, 0.6) is 0 Å². The molecule has 0 fully saturated rings. The predicted molar refractivity (Wildman–Crippen MR) is 84.9 cm³/mol. The van der Waals surface area contributed by atoms with E-state index in [0.717, 1.165) is 15.9 Å². The van der Waals surface area contributed by atoms with E-state index in [0.29, 0.717) is 5.92 Å². The van der Waals surface area contributed by atoms with Gasteiger partial charge >= 0.3 is 0 Å². The van der Waals surface area contributed by atoms with Crippen molar-refractivity contribution in [1.29, 1.82) is 0 Å². The van der Waals surface area contributed by atoms with Gasteiger partial charge in [-0.15, -0.1) is 0 Å². The van der Waals surface area contributed by atoms with E-state index < -0.39 is 0 Å². The van der Waals surface area contributed by atoms with E-state index in [1.807, 2.05) is 16.6 Å². The van der Waals surface area contributed by atoms with E-state index in [-0.39, 0.29) is 0 Å². The maximum Gasteiger partial charge on any atom is 0.154 e. The zero-order valence-electron chi connectivity index (χ0n) is 11.8. The van der Waals surface area contributed by atoms with Crippen molar-refractivity contribution in [2.75, 3.05) is 0 Å². The second kappa shape index (κ2) is 5.02. The second-order valence-corrected chi connectivity index (χ2v) is 6.11. The van der Waals surface area contributed by atoms with Crippen LogP contribution in [0.15, 0.2) is 41.1 Å². The fourth-order valence-electron chi connectivity index (χ4n) is 2.26. The number of hydrogen-bond donors (Lipinski definition) is 0. The van der Waals surface area contributed by atoms with Gasteiger partial charge in [-0.25, -0.2) is 9.50 Å². The molecule has 0 radical (unpaired) electrons. The van der Waals surface area contributed by atoms with Crippen molar-refractivity contribution in [3.05, 3.63) is 52.3 Å². The average Bonchev–Trinajstić information content (AvgIpc) is 2.80. The lowest BCUT2D eigenvalue weighted by Gasteiger charge is -2.11. The third kappa shape index (κ3) is 2.24. The van der Waals surface area contributed by atoms with Gasteiger partial charge in [-0.2, -0.15) is 5.10 Å². The number of rotatable bonds is 2.